The van der Waals surface area contributed by atoms with Crippen molar-refractivity contribution in [3.05, 3.63) is 60.0 Å². The second kappa shape index (κ2) is 8.52. The lowest BCUT2D eigenvalue weighted by Crippen LogP contribution is -2.28. The smallest absolute Gasteiger partial charge is 0.258 e. The molecule has 0 saturated carbocycles. The van der Waals surface area contributed by atoms with E-state index in [0.717, 1.165) is 35.1 Å². The Balaban J connectivity index is 1.68. The van der Waals surface area contributed by atoms with Crippen molar-refractivity contribution in [2.24, 2.45) is 0 Å². The van der Waals surface area contributed by atoms with E-state index in [9.17, 15) is 4.79 Å². The molecule has 0 saturated heterocycles. The molecule has 0 radical (unpaired) electrons. The van der Waals surface area contributed by atoms with E-state index in [-0.39, 0.29) is 12.5 Å². The molecule has 0 bridgehead atoms. The molecule has 0 aliphatic rings. The maximum Gasteiger partial charge on any atom is 0.258 e. The third-order valence-electron chi connectivity index (χ3n) is 4.69. The van der Waals surface area contributed by atoms with Gasteiger partial charge in [0.1, 0.15) is 5.75 Å². The Morgan fingerprint density at radius 3 is 2.81 bits per heavy atom. The number of carbonyl (C=O) groups is 1. The summed E-state index contributed by atoms with van der Waals surface area (Å²) in [7, 11) is 0. The fourth-order valence-electron chi connectivity index (χ4n) is 3.25. The maximum absolute atomic E-state index is 12.1. The monoisotopic (exact) mass is 351 g/mol. The van der Waals surface area contributed by atoms with Crippen LogP contribution in [0.5, 0.6) is 5.75 Å². The molecule has 3 aromatic rings. The highest BCUT2D eigenvalue weighted by Gasteiger charge is 2.16. The minimum Gasteiger partial charge on any atom is -0.483 e. The standard InChI is InChI=1S/C21H25N3O2/c1-3-16(4-2)17-13-23-18-8-5-9-19(21(17)18)26-14-20(25)24-12-15-7-6-10-22-11-15/h5-11,13,16,23H,3-4,12,14H2,1-2H3,(H,24,25). The van der Waals surface area contributed by atoms with Crippen molar-refractivity contribution in [3.63, 3.8) is 0 Å². The van der Waals surface area contributed by atoms with Crippen molar-refractivity contribution >= 4 is 16.8 Å². The lowest BCUT2D eigenvalue weighted by molar-refractivity contribution is -0.123. The summed E-state index contributed by atoms with van der Waals surface area (Å²) in [6.07, 6.45) is 7.66. The SMILES string of the molecule is CCC(CC)c1c[nH]c2cccc(OCC(=O)NCc3cccnc3)c12. The number of nitrogens with one attached hydrogen (secondary N) is 2. The number of hydrogen-bond donors (Lipinski definition) is 2. The molecule has 0 spiro atoms. The van der Waals surface area contributed by atoms with Gasteiger partial charge in [-0.25, -0.2) is 0 Å². The first kappa shape index (κ1) is 18.0. The molecule has 0 unspecified atom stereocenters. The van der Waals surface area contributed by atoms with Gasteiger partial charge < -0.3 is 15.0 Å². The molecule has 1 amide bonds. The summed E-state index contributed by atoms with van der Waals surface area (Å²) in [6.45, 7) is 4.83. The molecule has 0 fully saturated rings. The lowest BCUT2D eigenvalue weighted by atomic mass is 9.93. The number of carbonyl (C=O) groups excluding carboxylic acids is 1. The van der Waals surface area contributed by atoms with Crippen LogP contribution in [0, 0.1) is 0 Å². The summed E-state index contributed by atoms with van der Waals surface area (Å²) in [5.41, 5.74) is 3.26. The number of rotatable bonds is 8. The summed E-state index contributed by atoms with van der Waals surface area (Å²) >= 11 is 0. The Bertz CT molecular complexity index is 854. The first-order valence-electron chi connectivity index (χ1n) is 9.11. The number of ether oxygens (including phenoxy) is 1. The maximum atomic E-state index is 12.1. The number of pyridine rings is 1. The van der Waals surface area contributed by atoms with Gasteiger partial charge in [-0.3, -0.25) is 9.78 Å². The topological polar surface area (TPSA) is 67.0 Å². The van der Waals surface area contributed by atoms with Crippen LogP contribution in [0.3, 0.4) is 0 Å². The lowest BCUT2D eigenvalue weighted by Gasteiger charge is -2.14. The van der Waals surface area contributed by atoms with Gasteiger partial charge in [0.2, 0.25) is 0 Å². The number of hydrogen-bond acceptors (Lipinski definition) is 3. The Labute approximate surface area is 153 Å². The summed E-state index contributed by atoms with van der Waals surface area (Å²) < 4.78 is 5.86. The molecule has 2 heterocycles. The Morgan fingerprint density at radius 2 is 2.08 bits per heavy atom. The van der Waals surface area contributed by atoms with Crippen LogP contribution in [0.2, 0.25) is 0 Å². The molecule has 5 nitrogen and oxygen atoms in total. The van der Waals surface area contributed by atoms with Crippen molar-refractivity contribution in [3.8, 4) is 5.75 Å². The highest BCUT2D eigenvalue weighted by atomic mass is 16.5. The van der Waals surface area contributed by atoms with Gasteiger partial charge in [0, 0.05) is 36.0 Å². The van der Waals surface area contributed by atoms with E-state index >= 15 is 0 Å². The van der Waals surface area contributed by atoms with Gasteiger partial charge in [0.15, 0.2) is 6.61 Å². The van der Waals surface area contributed by atoms with Gasteiger partial charge in [-0.2, -0.15) is 0 Å². The summed E-state index contributed by atoms with van der Waals surface area (Å²) in [5, 5.41) is 3.94. The largest absolute Gasteiger partial charge is 0.483 e. The number of benzene rings is 1. The number of amides is 1. The van der Waals surface area contributed by atoms with Crippen molar-refractivity contribution in [1.29, 1.82) is 0 Å². The molecule has 26 heavy (non-hydrogen) atoms. The van der Waals surface area contributed by atoms with E-state index in [1.807, 2.05) is 30.3 Å². The highest BCUT2D eigenvalue weighted by Crippen LogP contribution is 2.35. The minimum atomic E-state index is -0.148. The van der Waals surface area contributed by atoms with Crippen LogP contribution in [0.25, 0.3) is 10.9 Å². The van der Waals surface area contributed by atoms with Crippen LogP contribution in [-0.4, -0.2) is 22.5 Å². The van der Waals surface area contributed by atoms with Crippen molar-refractivity contribution < 1.29 is 9.53 Å². The predicted octanol–water partition coefficient (Wildman–Crippen LogP) is 4.16. The van der Waals surface area contributed by atoms with Gasteiger partial charge in [0.25, 0.3) is 5.91 Å². The third kappa shape index (κ3) is 4.04. The normalized spacial score (nSPS) is 11.0. The highest BCUT2D eigenvalue weighted by molar-refractivity contribution is 5.90. The zero-order chi connectivity index (χ0) is 18.4. The van der Waals surface area contributed by atoms with Gasteiger partial charge in [-0.15, -0.1) is 0 Å². The van der Waals surface area contributed by atoms with E-state index in [2.05, 4.69) is 35.3 Å². The second-order valence-corrected chi connectivity index (χ2v) is 6.36. The predicted molar refractivity (Wildman–Crippen MR) is 103 cm³/mol. The number of H-pyrrole nitrogens is 1. The van der Waals surface area contributed by atoms with E-state index in [0.29, 0.717) is 12.5 Å². The van der Waals surface area contributed by atoms with E-state index in [1.165, 1.54) is 5.56 Å². The number of aromatic amines is 1. The molecule has 1 aromatic carbocycles. The molecule has 2 N–H and O–H groups in total. The molecule has 2 aromatic heterocycles. The molecule has 0 atom stereocenters. The molecular formula is C21H25N3O2. The average Bonchev–Trinajstić information content (AvgIpc) is 3.11. The van der Waals surface area contributed by atoms with Crippen LogP contribution in [0.1, 0.15) is 43.7 Å². The Kier molecular flexibility index (Phi) is 5.89. The van der Waals surface area contributed by atoms with Gasteiger partial charge >= 0.3 is 0 Å². The Hall–Kier alpha value is -2.82. The van der Waals surface area contributed by atoms with E-state index < -0.39 is 0 Å². The second-order valence-electron chi connectivity index (χ2n) is 6.36. The van der Waals surface area contributed by atoms with Crippen molar-refractivity contribution in [2.45, 2.75) is 39.2 Å². The van der Waals surface area contributed by atoms with Crippen LogP contribution >= 0.6 is 0 Å². The molecule has 136 valence electrons. The van der Waals surface area contributed by atoms with Crippen LogP contribution in [0.4, 0.5) is 0 Å². The average molecular weight is 351 g/mol. The molecule has 0 aliphatic carbocycles. The van der Waals surface area contributed by atoms with Crippen molar-refractivity contribution in [1.82, 2.24) is 15.3 Å². The van der Waals surface area contributed by atoms with E-state index in [1.54, 1.807) is 12.4 Å². The van der Waals surface area contributed by atoms with Gasteiger partial charge in [-0.1, -0.05) is 26.0 Å². The molecular weight excluding hydrogens is 326 g/mol. The first-order chi connectivity index (χ1) is 12.7. The molecule has 5 heteroatoms. The van der Waals surface area contributed by atoms with Gasteiger partial charge in [-0.05, 0) is 48.1 Å². The zero-order valence-corrected chi connectivity index (χ0v) is 15.3. The third-order valence-corrected chi connectivity index (χ3v) is 4.69. The minimum absolute atomic E-state index is 0.00703. The van der Waals surface area contributed by atoms with Crippen LogP contribution < -0.4 is 10.1 Å². The quantitative estimate of drug-likeness (QED) is 0.640. The molecule has 0 aliphatic heterocycles. The molecule has 3 rings (SSSR count). The summed E-state index contributed by atoms with van der Waals surface area (Å²) in [6, 6.07) is 9.69. The summed E-state index contributed by atoms with van der Waals surface area (Å²) in [5.74, 6) is 1.08. The number of fused-ring (bicyclic) bond motifs is 1. The first-order valence-corrected chi connectivity index (χ1v) is 9.11. The van der Waals surface area contributed by atoms with Crippen molar-refractivity contribution in [2.75, 3.05) is 6.61 Å². The summed E-state index contributed by atoms with van der Waals surface area (Å²) in [4.78, 5) is 19.5. The number of aromatic nitrogens is 2. The van der Waals surface area contributed by atoms with Gasteiger partial charge in [0.05, 0.1) is 0 Å². The van der Waals surface area contributed by atoms with E-state index in [4.69, 9.17) is 4.74 Å². The Morgan fingerprint density at radius 1 is 1.23 bits per heavy atom. The van der Waals surface area contributed by atoms with Crippen LogP contribution in [0.15, 0.2) is 48.9 Å². The fourth-order valence-corrected chi connectivity index (χ4v) is 3.25. The van der Waals surface area contributed by atoms with Crippen LogP contribution in [-0.2, 0) is 11.3 Å². The fraction of sp³-hybridized carbons (Fsp3) is 0.333. The number of nitrogens with zero attached hydrogens (tertiary/aromatic N) is 1. The zero-order valence-electron chi connectivity index (χ0n) is 15.3.